The summed E-state index contributed by atoms with van der Waals surface area (Å²) in [6.45, 7) is 10.7. The molecule has 0 saturated carbocycles. The fourth-order valence-corrected chi connectivity index (χ4v) is 4.01. The van der Waals surface area contributed by atoms with Gasteiger partial charge in [-0.05, 0) is 45.2 Å². The first kappa shape index (κ1) is 17.5. The molecule has 20 heavy (non-hydrogen) atoms. The van der Waals surface area contributed by atoms with Gasteiger partial charge in [-0.2, -0.15) is 0 Å². The van der Waals surface area contributed by atoms with Crippen molar-refractivity contribution in [1.29, 1.82) is 0 Å². The van der Waals surface area contributed by atoms with Crippen molar-refractivity contribution in [3.05, 3.63) is 23.8 Å². The highest BCUT2D eigenvalue weighted by molar-refractivity contribution is 5.36. The second-order valence-electron chi connectivity index (χ2n) is 6.92. The molecule has 0 aromatic heterocycles. The van der Waals surface area contributed by atoms with Gasteiger partial charge in [0.25, 0.3) is 0 Å². The molecule has 0 radical (unpaired) electrons. The first-order valence-corrected chi connectivity index (χ1v) is 8.52. The number of hydrogen-bond donors (Lipinski definition) is 0. The lowest BCUT2D eigenvalue weighted by atomic mass is 9.61. The van der Waals surface area contributed by atoms with Crippen molar-refractivity contribution >= 4 is 0 Å². The maximum absolute atomic E-state index is 2.53. The van der Waals surface area contributed by atoms with E-state index in [0.717, 1.165) is 18.4 Å². The molecule has 0 aromatic rings. The zero-order valence-electron chi connectivity index (χ0n) is 14.6. The van der Waals surface area contributed by atoms with Gasteiger partial charge in [0, 0.05) is 12.0 Å². The molecule has 0 amide bonds. The zero-order chi connectivity index (χ0) is 15.2. The minimum atomic E-state index is 0.321. The van der Waals surface area contributed by atoms with Crippen LogP contribution >= 0.6 is 0 Å². The Kier molecular flexibility index (Phi) is 7.02. The van der Waals surface area contributed by atoms with Crippen molar-refractivity contribution < 1.29 is 0 Å². The summed E-state index contributed by atoms with van der Waals surface area (Å²) in [7, 11) is 4.35. The van der Waals surface area contributed by atoms with E-state index in [1.54, 1.807) is 5.57 Å². The fourth-order valence-electron chi connectivity index (χ4n) is 4.01. The lowest BCUT2D eigenvalue weighted by molar-refractivity contribution is 0.175. The van der Waals surface area contributed by atoms with Gasteiger partial charge >= 0.3 is 0 Å². The molecular weight excluding hydrogens is 242 g/mol. The van der Waals surface area contributed by atoms with Crippen molar-refractivity contribution in [3.8, 4) is 0 Å². The van der Waals surface area contributed by atoms with Crippen LogP contribution in [0.3, 0.4) is 0 Å². The van der Waals surface area contributed by atoms with Crippen molar-refractivity contribution in [2.75, 3.05) is 20.6 Å². The third-order valence-corrected chi connectivity index (χ3v) is 5.13. The Bertz CT molecular complexity index is 326. The Hall–Kier alpha value is -0.560. The van der Waals surface area contributed by atoms with Crippen LogP contribution in [0.15, 0.2) is 23.8 Å². The number of hydrogen-bond acceptors (Lipinski definition) is 1. The summed E-state index contributed by atoms with van der Waals surface area (Å²) in [6, 6.07) is 0. The average molecular weight is 277 g/mol. The van der Waals surface area contributed by atoms with Gasteiger partial charge in [0.15, 0.2) is 0 Å². The average Bonchev–Trinajstić information content (AvgIpc) is 2.81. The summed E-state index contributed by atoms with van der Waals surface area (Å²) in [6.07, 6.45) is 13.7. The van der Waals surface area contributed by atoms with Crippen molar-refractivity contribution in [1.82, 2.24) is 4.90 Å². The van der Waals surface area contributed by atoms with Crippen molar-refractivity contribution in [2.45, 2.75) is 59.8 Å². The lowest BCUT2D eigenvalue weighted by Gasteiger charge is -2.43. The molecule has 2 atom stereocenters. The van der Waals surface area contributed by atoms with E-state index < -0.39 is 0 Å². The zero-order valence-corrected chi connectivity index (χ0v) is 14.6. The summed E-state index contributed by atoms with van der Waals surface area (Å²) >= 11 is 0. The molecule has 0 aromatic carbocycles. The van der Waals surface area contributed by atoms with Gasteiger partial charge in [-0.1, -0.05) is 64.3 Å². The molecule has 1 nitrogen and oxygen atoms in total. The van der Waals surface area contributed by atoms with Gasteiger partial charge in [-0.25, -0.2) is 0 Å². The Labute approximate surface area is 127 Å². The Balaban J connectivity index is 2.97. The topological polar surface area (TPSA) is 3.24 Å². The predicted molar refractivity (Wildman–Crippen MR) is 91.0 cm³/mol. The summed E-state index contributed by atoms with van der Waals surface area (Å²) in [5, 5.41) is 0. The molecule has 0 saturated heterocycles. The van der Waals surface area contributed by atoms with E-state index in [4.69, 9.17) is 0 Å². The van der Waals surface area contributed by atoms with Crippen LogP contribution in [0.4, 0.5) is 0 Å². The third kappa shape index (κ3) is 3.75. The maximum Gasteiger partial charge on any atom is 0.0149 e. The molecule has 0 spiro atoms. The highest BCUT2D eigenvalue weighted by Crippen LogP contribution is 2.51. The highest BCUT2D eigenvalue weighted by atomic mass is 15.0. The molecule has 0 bridgehead atoms. The van der Waals surface area contributed by atoms with Gasteiger partial charge < -0.3 is 4.90 Å². The smallest absolute Gasteiger partial charge is 0.0149 e. The van der Waals surface area contributed by atoms with Crippen LogP contribution in [-0.2, 0) is 0 Å². The number of rotatable bonds is 9. The molecule has 0 N–H and O–H groups in total. The second-order valence-corrected chi connectivity index (χ2v) is 6.92. The minimum absolute atomic E-state index is 0.321. The Morgan fingerprint density at radius 1 is 1.05 bits per heavy atom. The standard InChI is InChI=1S/C19H35N/c1-7-10-16(3)19(17(4)11-8-2)14-9-12-18(19)13-15-20(5)6/h9,12,14,16-17H,7-8,10-11,13,15H2,1-6H3. The SMILES string of the molecule is CCCC(C)C1(C(C)CCC)C=CC=C1CCN(C)C. The third-order valence-electron chi connectivity index (χ3n) is 5.13. The predicted octanol–water partition coefficient (Wildman–Crippen LogP) is 5.29. The van der Waals surface area contributed by atoms with E-state index in [-0.39, 0.29) is 0 Å². The fraction of sp³-hybridized carbons (Fsp3) is 0.789. The summed E-state index contributed by atoms with van der Waals surface area (Å²) in [5.74, 6) is 1.50. The maximum atomic E-state index is 2.53. The highest BCUT2D eigenvalue weighted by Gasteiger charge is 2.42. The minimum Gasteiger partial charge on any atom is -0.309 e. The molecule has 2 unspecified atom stereocenters. The molecule has 0 heterocycles. The van der Waals surface area contributed by atoms with Crippen molar-refractivity contribution in [2.24, 2.45) is 17.3 Å². The van der Waals surface area contributed by atoms with Crippen molar-refractivity contribution in [3.63, 3.8) is 0 Å². The number of allylic oxidation sites excluding steroid dienone is 3. The second kappa shape index (κ2) is 8.02. The first-order valence-electron chi connectivity index (χ1n) is 8.52. The molecular formula is C19H35N. The molecule has 116 valence electrons. The summed E-state index contributed by atoms with van der Waals surface area (Å²) in [5.41, 5.74) is 2.00. The van der Waals surface area contributed by atoms with E-state index in [0.29, 0.717) is 5.41 Å². The largest absolute Gasteiger partial charge is 0.309 e. The molecule has 1 aliphatic carbocycles. The molecule has 1 heteroatoms. The van der Waals surface area contributed by atoms with Crippen LogP contribution in [-0.4, -0.2) is 25.5 Å². The van der Waals surface area contributed by atoms with Gasteiger partial charge in [0.1, 0.15) is 0 Å². The van der Waals surface area contributed by atoms with Crippen LogP contribution in [0, 0.1) is 17.3 Å². The normalized spacial score (nSPS) is 25.1. The Morgan fingerprint density at radius 2 is 1.60 bits per heavy atom. The Morgan fingerprint density at radius 3 is 2.05 bits per heavy atom. The summed E-state index contributed by atoms with van der Waals surface area (Å²) in [4.78, 5) is 2.30. The van der Waals surface area contributed by atoms with Gasteiger partial charge in [0.2, 0.25) is 0 Å². The van der Waals surface area contributed by atoms with Crippen LogP contribution in [0.5, 0.6) is 0 Å². The van der Waals surface area contributed by atoms with E-state index in [1.807, 2.05) is 0 Å². The molecule has 1 rings (SSSR count). The lowest BCUT2D eigenvalue weighted by Crippen LogP contribution is -2.35. The van der Waals surface area contributed by atoms with Gasteiger partial charge in [-0.3, -0.25) is 0 Å². The first-order chi connectivity index (χ1) is 9.48. The van der Waals surface area contributed by atoms with E-state index in [2.05, 4.69) is 64.9 Å². The number of nitrogens with zero attached hydrogens (tertiary/aromatic N) is 1. The molecule has 0 aliphatic heterocycles. The van der Waals surface area contributed by atoms with Crippen LogP contribution in [0.1, 0.15) is 59.8 Å². The van der Waals surface area contributed by atoms with Crippen LogP contribution in [0.2, 0.25) is 0 Å². The monoisotopic (exact) mass is 277 g/mol. The van der Waals surface area contributed by atoms with Gasteiger partial charge in [-0.15, -0.1) is 0 Å². The quantitative estimate of drug-likeness (QED) is 0.553. The molecule has 1 aliphatic rings. The molecule has 0 fully saturated rings. The van der Waals surface area contributed by atoms with Crippen LogP contribution < -0.4 is 0 Å². The van der Waals surface area contributed by atoms with Crippen LogP contribution in [0.25, 0.3) is 0 Å². The van der Waals surface area contributed by atoms with E-state index in [9.17, 15) is 0 Å². The summed E-state index contributed by atoms with van der Waals surface area (Å²) < 4.78 is 0. The van der Waals surface area contributed by atoms with Gasteiger partial charge in [0.05, 0.1) is 0 Å². The van der Waals surface area contributed by atoms with E-state index in [1.165, 1.54) is 32.1 Å². The van der Waals surface area contributed by atoms with E-state index >= 15 is 0 Å².